The summed E-state index contributed by atoms with van der Waals surface area (Å²) < 4.78 is 29.0. The van der Waals surface area contributed by atoms with Crippen LogP contribution in [0.25, 0.3) is 22.3 Å². The van der Waals surface area contributed by atoms with Crippen LogP contribution in [0, 0.1) is 0 Å². The highest BCUT2D eigenvalue weighted by atomic mass is 16.6. The summed E-state index contributed by atoms with van der Waals surface area (Å²) >= 11 is 0. The van der Waals surface area contributed by atoms with E-state index in [0.717, 1.165) is 24.1 Å². The van der Waals surface area contributed by atoms with Gasteiger partial charge in [0, 0.05) is 43.1 Å². The van der Waals surface area contributed by atoms with Gasteiger partial charge in [0.2, 0.25) is 0 Å². The fourth-order valence-corrected chi connectivity index (χ4v) is 5.61. The molecule has 0 bridgehead atoms. The first-order valence-electron chi connectivity index (χ1n) is 15.2. The number of morpholine rings is 1. The quantitative estimate of drug-likeness (QED) is 0.257. The Morgan fingerprint density at radius 1 is 0.933 bits per heavy atom. The summed E-state index contributed by atoms with van der Waals surface area (Å²) in [5.41, 5.74) is 1.98. The summed E-state index contributed by atoms with van der Waals surface area (Å²) in [5.74, 6) is -0.413. The van der Waals surface area contributed by atoms with Crippen LogP contribution in [0.5, 0.6) is 0 Å². The van der Waals surface area contributed by atoms with Crippen molar-refractivity contribution < 1.29 is 38.1 Å². The van der Waals surface area contributed by atoms with Crippen LogP contribution in [0.3, 0.4) is 0 Å². The van der Waals surface area contributed by atoms with Gasteiger partial charge < -0.3 is 23.7 Å². The summed E-state index contributed by atoms with van der Waals surface area (Å²) in [6, 6.07) is 5.26. The summed E-state index contributed by atoms with van der Waals surface area (Å²) in [6.07, 6.45) is 3.57. The van der Waals surface area contributed by atoms with Gasteiger partial charge >= 0.3 is 18.2 Å². The van der Waals surface area contributed by atoms with Gasteiger partial charge in [0.1, 0.15) is 22.9 Å². The Bertz CT molecular complexity index is 1580. The molecule has 2 aliphatic heterocycles. The van der Waals surface area contributed by atoms with Gasteiger partial charge in [-0.3, -0.25) is 9.88 Å². The highest BCUT2D eigenvalue weighted by molar-refractivity contribution is 6.06. The molecule has 242 valence electrons. The van der Waals surface area contributed by atoms with Gasteiger partial charge in [-0.25, -0.2) is 23.9 Å². The van der Waals surface area contributed by atoms with Crippen molar-refractivity contribution in [1.29, 1.82) is 0 Å². The van der Waals surface area contributed by atoms with Crippen LogP contribution >= 0.6 is 0 Å². The average molecular weight is 623 g/mol. The molecule has 2 saturated heterocycles. The second-order valence-electron chi connectivity index (χ2n) is 13.3. The van der Waals surface area contributed by atoms with Crippen molar-refractivity contribution in [3.8, 4) is 11.3 Å². The lowest BCUT2D eigenvalue weighted by Gasteiger charge is -2.38. The predicted octanol–water partition coefficient (Wildman–Crippen LogP) is 5.87. The van der Waals surface area contributed by atoms with Crippen molar-refractivity contribution in [3.63, 3.8) is 0 Å². The van der Waals surface area contributed by atoms with E-state index in [4.69, 9.17) is 28.7 Å². The van der Waals surface area contributed by atoms with Crippen molar-refractivity contribution in [2.24, 2.45) is 0 Å². The first-order chi connectivity index (χ1) is 21.3. The van der Waals surface area contributed by atoms with Crippen LogP contribution in [-0.2, 0) is 23.7 Å². The lowest BCUT2D eigenvalue weighted by atomic mass is 9.87. The molecule has 0 radical (unpaired) electrons. The van der Waals surface area contributed by atoms with Crippen LogP contribution in [0.4, 0.5) is 9.59 Å². The van der Waals surface area contributed by atoms with Crippen LogP contribution in [-0.4, -0.2) is 88.9 Å². The lowest BCUT2D eigenvalue weighted by Crippen LogP contribution is -2.46. The number of nitrogens with zero attached hydrogens (tertiary/aromatic N) is 4. The number of hydrogen-bond donors (Lipinski definition) is 0. The van der Waals surface area contributed by atoms with E-state index in [1.54, 1.807) is 37.9 Å². The van der Waals surface area contributed by atoms with Crippen molar-refractivity contribution in [2.75, 3.05) is 40.1 Å². The van der Waals surface area contributed by atoms with Gasteiger partial charge in [0.25, 0.3) is 0 Å². The summed E-state index contributed by atoms with van der Waals surface area (Å²) in [6.45, 7) is 13.1. The minimum atomic E-state index is -0.748. The molecule has 0 spiro atoms. The van der Waals surface area contributed by atoms with E-state index in [0.29, 0.717) is 43.0 Å². The van der Waals surface area contributed by atoms with Crippen LogP contribution in [0.1, 0.15) is 88.0 Å². The van der Waals surface area contributed by atoms with E-state index in [2.05, 4.69) is 4.98 Å². The number of pyridine rings is 2. The van der Waals surface area contributed by atoms with E-state index in [-0.39, 0.29) is 23.7 Å². The molecule has 12 heteroatoms. The minimum Gasteiger partial charge on any atom is -0.465 e. The molecule has 0 N–H and O–H groups in total. The summed E-state index contributed by atoms with van der Waals surface area (Å²) in [4.78, 5) is 50.6. The standard InChI is InChI=1S/C33H42N4O8/c1-32(2,3)44-30(39)36-12-15-43-19-26(36)27-22(20-10-13-42-14-11-20)8-9-25(35-27)21-16-23-24(29(38)41-7)18-37(28(23)34-17-21)31(40)45-33(4,5)6/h8-9,16-18,20,26H,10-15,19H2,1-7H3. The number of methoxy groups -OCH3 is 1. The molecule has 5 rings (SSSR count). The fraction of sp³-hybridized carbons (Fsp3) is 0.545. The highest BCUT2D eigenvalue weighted by Crippen LogP contribution is 2.37. The number of fused-ring (bicyclic) bond motifs is 1. The zero-order valence-corrected chi connectivity index (χ0v) is 27.0. The van der Waals surface area contributed by atoms with Gasteiger partial charge in [-0.15, -0.1) is 0 Å². The maximum Gasteiger partial charge on any atom is 0.420 e. The summed E-state index contributed by atoms with van der Waals surface area (Å²) in [7, 11) is 1.28. The van der Waals surface area contributed by atoms with Gasteiger partial charge in [-0.1, -0.05) is 6.07 Å². The maximum absolute atomic E-state index is 13.4. The summed E-state index contributed by atoms with van der Waals surface area (Å²) in [5, 5.41) is 0.415. The SMILES string of the molecule is COC(=O)c1cn(C(=O)OC(C)(C)C)c2ncc(-c3ccc(C4CCOCC4)c(C4COCCN4C(=O)OC(C)(C)C)n3)cc12. The third kappa shape index (κ3) is 7.28. The van der Waals surface area contributed by atoms with Gasteiger partial charge in [-0.2, -0.15) is 0 Å². The number of ether oxygens (including phenoxy) is 5. The Labute approximate surface area is 262 Å². The largest absolute Gasteiger partial charge is 0.465 e. The van der Waals surface area contributed by atoms with Crippen molar-refractivity contribution >= 4 is 29.2 Å². The van der Waals surface area contributed by atoms with E-state index in [9.17, 15) is 14.4 Å². The molecule has 0 aromatic carbocycles. The predicted molar refractivity (Wildman–Crippen MR) is 165 cm³/mol. The number of aromatic nitrogens is 3. The maximum atomic E-state index is 13.4. The Balaban J connectivity index is 1.61. The first-order valence-corrected chi connectivity index (χ1v) is 15.2. The molecule has 0 saturated carbocycles. The van der Waals surface area contributed by atoms with Crippen molar-refractivity contribution in [1.82, 2.24) is 19.4 Å². The molecular weight excluding hydrogens is 580 g/mol. The van der Waals surface area contributed by atoms with E-state index < -0.39 is 35.4 Å². The number of carbonyl (C=O) groups excluding carboxylic acids is 3. The molecule has 5 heterocycles. The molecule has 0 aliphatic carbocycles. The van der Waals surface area contributed by atoms with E-state index >= 15 is 0 Å². The molecular formula is C33H42N4O8. The van der Waals surface area contributed by atoms with E-state index in [1.165, 1.54) is 17.9 Å². The molecule has 3 aromatic rings. The average Bonchev–Trinajstić information content (AvgIpc) is 3.38. The Kier molecular flexibility index (Phi) is 9.18. The zero-order valence-electron chi connectivity index (χ0n) is 27.0. The van der Waals surface area contributed by atoms with Gasteiger partial charge in [0.15, 0.2) is 0 Å². The van der Waals surface area contributed by atoms with E-state index in [1.807, 2.05) is 32.9 Å². The Hall–Kier alpha value is -4.03. The van der Waals surface area contributed by atoms with Gasteiger partial charge in [0.05, 0.1) is 37.3 Å². The first kappa shape index (κ1) is 32.4. The molecule has 3 aromatic heterocycles. The molecule has 2 aliphatic rings. The normalized spacial score (nSPS) is 18.1. The molecule has 1 unspecified atom stereocenters. The fourth-order valence-electron chi connectivity index (χ4n) is 5.61. The van der Waals surface area contributed by atoms with Crippen molar-refractivity contribution in [2.45, 2.75) is 77.5 Å². The second-order valence-corrected chi connectivity index (χ2v) is 13.3. The number of carbonyl (C=O) groups is 3. The third-order valence-corrected chi connectivity index (χ3v) is 7.63. The number of esters is 1. The third-order valence-electron chi connectivity index (χ3n) is 7.63. The smallest absolute Gasteiger partial charge is 0.420 e. The van der Waals surface area contributed by atoms with Crippen LogP contribution < -0.4 is 0 Å². The number of amides is 1. The number of hydrogen-bond acceptors (Lipinski definition) is 10. The van der Waals surface area contributed by atoms with Gasteiger partial charge in [-0.05, 0) is 78.0 Å². The minimum absolute atomic E-state index is 0.170. The van der Waals surface area contributed by atoms with Crippen LogP contribution in [0.15, 0.2) is 30.6 Å². The van der Waals surface area contributed by atoms with Crippen LogP contribution in [0.2, 0.25) is 0 Å². The molecule has 2 fully saturated rings. The molecule has 1 amide bonds. The molecule has 45 heavy (non-hydrogen) atoms. The molecule has 12 nitrogen and oxygen atoms in total. The monoisotopic (exact) mass is 622 g/mol. The topological polar surface area (TPSA) is 131 Å². The second kappa shape index (κ2) is 12.8. The lowest BCUT2D eigenvalue weighted by molar-refractivity contribution is -0.0344. The van der Waals surface area contributed by atoms with Crippen molar-refractivity contribution in [3.05, 3.63) is 47.4 Å². The zero-order chi connectivity index (χ0) is 32.5. The Morgan fingerprint density at radius 3 is 2.29 bits per heavy atom. The Morgan fingerprint density at radius 2 is 1.62 bits per heavy atom. The number of rotatable bonds is 4. The molecule has 1 atom stereocenters. The highest BCUT2D eigenvalue weighted by Gasteiger charge is 2.36.